The average Bonchev–Trinajstić information content (AvgIpc) is 3.41. The van der Waals surface area contributed by atoms with Gasteiger partial charge in [0, 0.05) is 29.3 Å². The van der Waals surface area contributed by atoms with Crippen molar-refractivity contribution in [3.8, 4) is 16.9 Å². The summed E-state index contributed by atoms with van der Waals surface area (Å²) in [4.78, 5) is 38.3. The van der Waals surface area contributed by atoms with E-state index in [0.29, 0.717) is 0 Å². The monoisotopic (exact) mass is 595 g/mol. The van der Waals surface area contributed by atoms with E-state index in [0.717, 1.165) is 36.5 Å². The van der Waals surface area contributed by atoms with Gasteiger partial charge in [-0.2, -0.15) is 13.2 Å². The number of amides is 2. The fourth-order valence-electron chi connectivity index (χ4n) is 3.49. The van der Waals surface area contributed by atoms with Crippen molar-refractivity contribution < 1.29 is 41.6 Å². The summed E-state index contributed by atoms with van der Waals surface area (Å²) in [5, 5.41) is 23.2. The molecule has 2 aromatic heterocycles. The minimum atomic E-state index is -4.58. The summed E-state index contributed by atoms with van der Waals surface area (Å²) < 4.78 is 57.9. The van der Waals surface area contributed by atoms with Gasteiger partial charge in [-0.15, -0.1) is 12.4 Å². The summed E-state index contributed by atoms with van der Waals surface area (Å²) in [7, 11) is 0. The number of rotatable bonds is 7. The van der Waals surface area contributed by atoms with Crippen molar-refractivity contribution in [2.75, 3.05) is 5.32 Å². The van der Waals surface area contributed by atoms with Crippen LogP contribution in [0, 0.1) is 15.9 Å². The molecule has 214 valence electrons. The van der Waals surface area contributed by atoms with Crippen LogP contribution >= 0.6 is 12.4 Å². The highest BCUT2D eigenvalue weighted by Crippen LogP contribution is 2.29. The first-order valence-electron chi connectivity index (χ1n) is 11.2. The van der Waals surface area contributed by atoms with Gasteiger partial charge in [-0.3, -0.25) is 30.6 Å². The van der Waals surface area contributed by atoms with Crippen molar-refractivity contribution in [1.29, 1.82) is 0 Å². The molecular weight excluding hydrogens is 578 g/mol. The van der Waals surface area contributed by atoms with Crippen molar-refractivity contribution in [3.05, 3.63) is 106 Å². The SMILES string of the molecule is Cl.O=C(NNC(=O)c1occc1-c1ccc(CNc2ccc(C(F)(F)F)nc2)c(F)c1)c1ccc(O)c([N+](=O)[O-])c1. The molecule has 11 nitrogen and oxygen atoms in total. The number of aromatic nitrogens is 1. The largest absolute Gasteiger partial charge is 0.502 e. The number of pyridine rings is 1. The predicted molar refractivity (Wildman–Crippen MR) is 138 cm³/mol. The van der Waals surface area contributed by atoms with Crippen LogP contribution in [-0.4, -0.2) is 26.8 Å². The van der Waals surface area contributed by atoms with Crippen LogP contribution in [0.15, 0.2) is 71.5 Å². The van der Waals surface area contributed by atoms with Crippen molar-refractivity contribution in [3.63, 3.8) is 0 Å². The number of nitrogens with one attached hydrogen (secondary N) is 3. The number of hydrogen-bond acceptors (Lipinski definition) is 8. The Morgan fingerprint density at radius 1 is 1.02 bits per heavy atom. The number of anilines is 1. The van der Waals surface area contributed by atoms with Crippen LogP contribution in [0.1, 0.15) is 32.2 Å². The third-order valence-electron chi connectivity index (χ3n) is 5.50. The molecule has 0 aliphatic heterocycles. The average molecular weight is 596 g/mol. The first kappa shape index (κ1) is 30.4. The highest BCUT2D eigenvalue weighted by atomic mass is 35.5. The number of phenols is 1. The normalized spacial score (nSPS) is 10.8. The van der Waals surface area contributed by atoms with E-state index in [1.165, 1.54) is 30.5 Å². The van der Waals surface area contributed by atoms with Crippen LogP contribution in [0.25, 0.3) is 11.1 Å². The summed E-state index contributed by atoms with van der Waals surface area (Å²) in [6.07, 6.45) is -2.43. The van der Waals surface area contributed by atoms with E-state index >= 15 is 0 Å². The molecule has 0 saturated heterocycles. The molecule has 0 saturated carbocycles. The number of aromatic hydroxyl groups is 1. The van der Waals surface area contributed by atoms with Gasteiger partial charge in [0.25, 0.3) is 5.91 Å². The lowest BCUT2D eigenvalue weighted by atomic mass is 10.0. The third kappa shape index (κ3) is 7.07. The second-order valence-electron chi connectivity index (χ2n) is 8.12. The second kappa shape index (κ2) is 12.3. The lowest BCUT2D eigenvalue weighted by molar-refractivity contribution is -0.385. The molecule has 0 fully saturated rings. The van der Waals surface area contributed by atoms with Gasteiger partial charge in [0.05, 0.1) is 23.1 Å². The topological polar surface area (TPSA) is 160 Å². The number of carbonyl (C=O) groups is 2. The van der Waals surface area contributed by atoms with Gasteiger partial charge in [0.15, 0.2) is 5.75 Å². The molecular formula is C25H18ClF4N5O6. The van der Waals surface area contributed by atoms with Gasteiger partial charge in [-0.1, -0.05) is 12.1 Å². The van der Waals surface area contributed by atoms with Gasteiger partial charge >= 0.3 is 17.8 Å². The van der Waals surface area contributed by atoms with Crippen LogP contribution in [0.3, 0.4) is 0 Å². The number of benzene rings is 2. The number of nitro benzene ring substituents is 1. The standard InChI is InChI=1S/C25H17F4N5O6.ClH/c26-18-9-13(1-2-15(18)11-30-16-4-6-21(31-12-16)25(27,28)29)17-7-8-40-22(17)24(37)33-32-23(36)14-3-5-20(35)19(10-14)34(38)39;/h1-10,12,30,35H,11H2,(H,32,36)(H,33,37);1H. The Labute approximate surface area is 233 Å². The van der Waals surface area contributed by atoms with Gasteiger partial charge in [-0.05, 0) is 42.0 Å². The highest BCUT2D eigenvalue weighted by Gasteiger charge is 2.32. The molecule has 2 heterocycles. The number of carbonyl (C=O) groups excluding carboxylic acids is 2. The molecule has 0 spiro atoms. The maximum atomic E-state index is 14.8. The second-order valence-corrected chi connectivity index (χ2v) is 8.12. The maximum absolute atomic E-state index is 14.8. The lowest BCUT2D eigenvalue weighted by Gasteiger charge is -2.11. The Morgan fingerprint density at radius 3 is 2.39 bits per heavy atom. The minimum absolute atomic E-state index is 0. The molecule has 2 aromatic carbocycles. The van der Waals surface area contributed by atoms with Crippen LogP contribution in [0.5, 0.6) is 5.75 Å². The molecule has 4 aromatic rings. The molecule has 41 heavy (non-hydrogen) atoms. The number of alkyl halides is 3. The van der Waals surface area contributed by atoms with E-state index in [4.69, 9.17) is 4.42 Å². The minimum Gasteiger partial charge on any atom is -0.502 e. The zero-order valence-corrected chi connectivity index (χ0v) is 21.2. The Morgan fingerprint density at radius 2 is 1.76 bits per heavy atom. The van der Waals surface area contributed by atoms with E-state index in [1.807, 2.05) is 0 Å². The van der Waals surface area contributed by atoms with Gasteiger partial charge in [-0.25, -0.2) is 9.37 Å². The highest BCUT2D eigenvalue weighted by molar-refractivity contribution is 6.01. The summed E-state index contributed by atoms with van der Waals surface area (Å²) in [5.41, 5.74) is 3.02. The van der Waals surface area contributed by atoms with Gasteiger partial charge < -0.3 is 14.8 Å². The van der Waals surface area contributed by atoms with Crippen molar-refractivity contribution in [2.45, 2.75) is 12.7 Å². The molecule has 0 aliphatic carbocycles. The lowest BCUT2D eigenvalue weighted by Crippen LogP contribution is -2.41. The quantitative estimate of drug-likeness (QED) is 0.128. The molecule has 0 unspecified atom stereocenters. The molecule has 2 amide bonds. The van der Waals surface area contributed by atoms with E-state index in [1.54, 1.807) is 0 Å². The number of nitro groups is 1. The molecule has 16 heteroatoms. The first-order chi connectivity index (χ1) is 18.9. The number of hydrazine groups is 1. The van der Waals surface area contributed by atoms with Crippen LogP contribution in [-0.2, 0) is 12.7 Å². The molecule has 0 radical (unpaired) electrons. The molecule has 0 aliphatic rings. The van der Waals surface area contributed by atoms with Crippen LogP contribution in [0.4, 0.5) is 28.9 Å². The Bertz CT molecular complexity index is 1590. The van der Waals surface area contributed by atoms with E-state index in [9.17, 15) is 42.4 Å². The Balaban J connectivity index is 0.00000462. The fraction of sp³-hybridized carbons (Fsp3) is 0.0800. The summed E-state index contributed by atoms with van der Waals surface area (Å²) in [5.74, 6) is -3.44. The number of halogens is 5. The predicted octanol–water partition coefficient (Wildman–Crippen LogP) is 5.22. The fourth-order valence-corrected chi connectivity index (χ4v) is 3.49. The summed E-state index contributed by atoms with van der Waals surface area (Å²) in [6, 6.07) is 10.2. The molecule has 4 rings (SSSR count). The zero-order valence-electron chi connectivity index (χ0n) is 20.4. The number of furan rings is 1. The molecule has 0 atom stereocenters. The Hall–Kier alpha value is -5.18. The maximum Gasteiger partial charge on any atom is 0.433 e. The van der Waals surface area contributed by atoms with Crippen molar-refractivity contribution >= 4 is 35.6 Å². The zero-order chi connectivity index (χ0) is 29.0. The Kier molecular flexibility index (Phi) is 9.14. The van der Waals surface area contributed by atoms with Crippen molar-refractivity contribution in [2.24, 2.45) is 0 Å². The number of hydrogen-bond donors (Lipinski definition) is 4. The van der Waals surface area contributed by atoms with Gasteiger partial charge in [0.2, 0.25) is 5.76 Å². The van der Waals surface area contributed by atoms with E-state index < -0.39 is 45.9 Å². The molecule has 0 bridgehead atoms. The number of phenolic OH excluding ortho intramolecular Hbond substituents is 1. The first-order valence-corrected chi connectivity index (χ1v) is 11.2. The number of nitrogens with zero attached hydrogens (tertiary/aromatic N) is 2. The van der Waals surface area contributed by atoms with Gasteiger partial charge in [0.1, 0.15) is 11.5 Å². The summed E-state index contributed by atoms with van der Waals surface area (Å²) in [6.45, 7) is -0.0701. The van der Waals surface area contributed by atoms with E-state index in [2.05, 4.69) is 21.2 Å². The summed E-state index contributed by atoms with van der Waals surface area (Å²) >= 11 is 0. The van der Waals surface area contributed by atoms with Crippen molar-refractivity contribution in [1.82, 2.24) is 15.8 Å². The van der Waals surface area contributed by atoms with Crippen LogP contribution in [0.2, 0.25) is 0 Å². The molecule has 4 N–H and O–H groups in total. The van der Waals surface area contributed by atoms with E-state index in [-0.39, 0.29) is 52.7 Å². The smallest absolute Gasteiger partial charge is 0.433 e. The van der Waals surface area contributed by atoms with Crippen LogP contribution < -0.4 is 16.2 Å². The third-order valence-corrected chi connectivity index (χ3v) is 5.50.